The number of phenols is 1. The number of nitrogens with zero attached hydrogens (tertiary/aromatic N) is 2. The summed E-state index contributed by atoms with van der Waals surface area (Å²) in [5, 5.41) is 12.2. The number of likely N-dealkylation sites (tertiary alicyclic amines) is 1. The van der Waals surface area contributed by atoms with Crippen molar-refractivity contribution in [3.05, 3.63) is 48.5 Å². The maximum absolute atomic E-state index is 12.2. The zero-order chi connectivity index (χ0) is 21.8. The molecule has 31 heavy (non-hydrogen) atoms. The van der Waals surface area contributed by atoms with Crippen LogP contribution < -0.4 is 15.0 Å². The van der Waals surface area contributed by atoms with E-state index >= 15 is 0 Å². The highest BCUT2D eigenvalue weighted by atomic mass is 16.6. The van der Waals surface area contributed by atoms with Crippen LogP contribution >= 0.6 is 0 Å². The Morgan fingerprint density at radius 2 is 1.81 bits per heavy atom. The van der Waals surface area contributed by atoms with Gasteiger partial charge in [0.15, 0.2) is 0 Å². The van der Waals surface area contributed by atoms with Crippen molar-refractivity contribution < 1.29 is 24.2 Å². The van der Waals surface area contributed by atoms with Gasteiger partial charge in [-0.2, -0.15) is 0 Å². The summed E-state index contributed by atoms with van der Waals surface area (Å²) in [6, 6.07) is 14.0. The van der Waals surface area contributed by atoms with Gasteiger partial charge in [0.25, 0.3) is 0 Å². The van der Waals surface area contributed by atoms with Crippen LogP contribution in [0.25, 0.3) is 0 Å². The first-order valence-corrected chi connectivity index (χ1v) is 10.5. The van der Waals surface area contributed by atoms with Crippen molar-refractivity contribution in [1.29, 1.82) is 0 Å². The molecule has 0 bridgehead atoms. The maximum atomic E-state index is 12.2. The summed E-state index contributed by atoms with van der Waals surface area (Å²) >= 11 is 0. The Morgan fingerprint density at radius 3 is 2.45 bits per heavy atom. The molecule has 4 rings (SSSR count). The van der Waals surface area contributed by atoms with E-state index in [1.54, 1.807) is 29.2 Å². The van der Waals surface area contributed by atoms with E-state index in [-0.39, 0.29) is 30.0 Å². The highest BCUT2D eigenvalue weighted by molar-refractivity contribution is 5.90. The van der Waals surface area contributed by atoms with Crippen molar-refractivity contribution in [2.75, 3.05) is 36.4 Å². The number of phenolic OH excluding ortho intramolecular Hbond substituents is 1. The van der Waals surface area contributed by atoms with E-state index in [1.807, 2.05) is 24.3 Å². The third-order valence-corrected chi connectivity index (χ3v) is 5.51. The van der Waals surface area contributed by atoms with Crippen molar-refractivity contribution in [3.63, 3.8) is 0 Å². The minimum atomic E-state index is -0.350. The van der Waals surface area contributed by atoms with Gasteiger partial charge in [-0.05, 0) is 61.4 Å². The molecule has 0 saturated carbocycles. The number of carbonyl (C=O) groups is 2. The van der Waals surface area contributed by atoms with Gasteiger partial charge in [0.05, 0.1) is 6.54 Å². The standard InChI is InChI=1S/C23H27N3O5/c1-16(27)24-17-2-8-20(9-3-17)30-21-10-12-25(13-11-21)14-22-15-26(23(29)31-22)18-4-6-19(28)7-5-18/h2-9,21-22,28H,10-15H2,1H3,(H,24,27)/t22-/m0/s1. The summed E-state index contributed by atoms with van der Waals surface area (Å²) in [5.74, 6) is 0.864. The number of piperidine rings is 1. The molecule has 0 radical (unpaired) electrons. The molecule has 0 unspecified atom stereocenters. The van der Waals surface area contributed by atoms with Crippen LogP contribution in [-0.2, 0) is 9.53 Å². The number of carbonyl (C=O) groups excluding carboxylic acids is 2. The zero-order valence-corrected chi connectivity index (χ0v) is 17.5. The summed E-state index contributed by atoms with van der Waals surface area (Å²) in [6.07, 6.45) is 1.41. The first-order chi connectivity index (χ1) is 15.0. The van der Waals surface area contributed by atoms with Crippen LogP contribution in [-0.4, -0.2) is 60.4 Å². The average molecular weight is 425 g/mol. The molecule has 2 fully saturated rings. The second-order valence-corrected chi connectivity index (χ2v) is 7.96. The Bertz CT molecular complexity index is 908. The summed E-state index contributed by atoms with van der Waals surface area (Å²) in [6.45, 7) is 4.43. The van der Waals surface area contributed by atoms with Crippen LogP contribution in [0.3, 0.4) is 0 Å². The number of hydrogen-bond donors (Lipinski definition) is 2. The fraction of sp³-hybridized carbons (Fsp3) is 0.391. The van der Waals surface area contributed by atoms with Crippen molar-refractivity contribution >= 4 is 23.4 Å². The third kappa shape index (κ3) is 5.46. The monoisotopic (exact) mass is 425 g/mol. The Kier molecular flexibility index (Phi) is 6.27. The number of anilines is 2. The van der Waals surface area contributed by atoms with Gasteiger partial charge < -0.3 is 19.9 Å². The van der Waals surface area contributed by atoms with E-state index in [4.69, 9.17) is 9.47 Å². The summed E-state index contributed by atoms with van der Waals surface area (Å²) in [5.41, 5.74) is 1.48. The van der Waals surface area contributed by atoms with E-state index < -0.39 is 0 Å². The Balaban J connectivity index is 1.23. The number of amides is 2. The van der Waals surface area contributed by atoms with Crippen molar-refractivity contribution in [1.82, 2.24) is 4.90 Å². The van der Waals surface area contributed by atoms with E-state index in [0.29, 0.717) is 13.1 Å². The largest absolute Gasteiger partial charge is 0.508 e. The number of rotatable bonds is 6. The lowest BCUT2D eigenvalue weighted by Crippen LogP contribution is -2.42. The zero-order valence-electron chi connectivity index (χ0n) is 17.5. The van der Waals surface area contributed by atoms with Crippen molar-refractivity contribution in [2.45, 2.75) is 32.0 Å². The van der Waals surface area contributed by atoms with E-state index in [2.05, 4.69) is 10.2 Å². The Hall–Kier alpha value is -3.26. The molecule has 0 aromatic heterocycles. The molecule has 2 aromatic rings. The molecule has 0 aliphatic carbocycles. The normalized spacial score (nSPS) is 19.8. The maximum Gasteiger partial charge on any atom is 0.414 e. The smallest absolute Gasteiger partial charge is 0.414 e. The van der Waals surface area contributed by atoms with Gasteiger partial charge in [-0.25, -0.2) is 4.79 Å². The molecule has 8 heteroatoms. The molecule has 8 nitrogen and oxygen atoms in total. The second kappa shape index (κ2) is 9.26. The summed E-state index contributed by atoms with van der Waals surface area (Å²) in [7, 11) is 0. The molecule has 2 N–H and O–H groups in total. The first kappa shape index (κ1) is 21.0. The van der Waals surface area contributed by atoms with Gasteiger partial charge in [0, 0.05) is 37.9 Å². The molecule has 2 heterocycles. The number of hydrogen-bond acceptors (Lipinski definition) is 6. The van der Waals surface area contributed by atoms with Gasteiger partial charge in [0.1, 0.15) is 23.7 Å². The highest BCUT2D eigenvalue weighted by Gasteiger charge is 2.34. The quantitative estimate of drug-likeness (QED) is 0.739. The number of aromatic hydroxyl groups is 1. The predicted molar refractivity (Wildman–Crippen MR) is 117 cm³/mol. The second-order valence-electron chi connectivity index (χ2n) is 7.96. The summed E-state index contributed by atoms with van der Waals surface area (Å²) in [4.78, 5) is 27.2. The molecule has 2 saturated heterocycles. The SMILES string of the molecule is CC(=O)Nc1ccc(OC2CCN(C[C@H]3CN(c4ccc(O)cc4)C(=O)O3)CC2)cc1. The molecule has 0 spiro atoms. The molecule has 1 atom stereocenters. The fourth-order valence-corrected chi connectivity index (χ4v) is 3.97. The topological polar surface area (TPSA) is 91.3 Å². The van der Waals surface area contributed by atoms with Crippen LogP contribution in [0.5, 0.6) is 11.5 Å². The number of nitrogens with one attached hydrogen (secondary N) is 1. The van der Waals surface area contributed by atoms with Crippen LogP contribution in [0.15, 0.2) is 48.5 Å². The van der Waals surface area contributed by atoms with Crippen molar-refractivity contribution in [3.8, 4) is 11.5 Å². The lowest BCUT2D eigenvalue weighted by atomic mass is 10.1. The molecule has 2 amide bonds. The highest BCUT2D eigenvalue weighted by Crippen LogP contribution is 2.25. The van der Waals surface area contributed by atoms with E-state index in [9.17, 15) is 14.7 Å². The van der Waals surface area contributed by atoms with Crippen LogP contribution in [0.2, 0.25) is 0 Å². The minimum Gasteiger partial charge on any atom is -0.508 e. The summed E-state index contributed by atoms with van der Waals surface area (Å²) < 4.78 is 11.6. The van der Waals surface area contributed by atoms with Gasteiger partial charge in [-0.1, -0.05) is 0 Å². The van der Waals surface area contributed by atoms with E-state index in [0.717, 1.165) is 43.1 Å². The van der Waals surface area contributed by atoms with Crippen LogP contribution in [0, 0.1) is 0 Å². The van der Waals surface area contributed by atoms with Crippen molar-refractivity contribution in [2.24, 2.45) is 0 Å². The lowest BCUT2D eigenvalue weighted by molar-refractivity contribution is -0.114. The first-order valence-electron chi connectivity index (χ1n) is 10.5. The molecular weight excluding hydrogens is 398 g/mol. The Labute approximate surface area is 181 Å². The minimum absolute atomic E-state index is 0.0971. The number of benzene rings is 2. The van der Waals surface area contributed by atoms with E-state index in [1.165, 1.54) is 6.92 Å². The van der Waals surface area contributed by atoms with Gasteiger partial charge >= 0.3 is 6.09 Å². The molecule has 164 valence electrons. The van der Waals surface area contributed by atoms with Gasteiger partial charge in [-0.3, -0.25) is 14.6 Å². The number of ether oxygens (including phenoxy) is 2. The molecular formula is C23H27N3O5. The molecule has 2 aliphatic heterocycles. The van der Waals surface area contributed by atoms with Gasteiger partial charge in [-0.15, -0.1) is 0 Å². The third-order valence-electron chi connectivity index (χ3n) is 5.51. The van der Waals surface area contributed by atoms with Crippen LogP contribution in [0.1, 0.15) is 19.8 Å². The average Bonchev–Trinajstić information content (AvgIpc) is 3.11. The fourth-order valence-electron chi connectivity index (χ4n) is 3.97. The molecule has 2 aliphatic rings. The molecule has 2 aromatic carbocycles. The Morgan fingerprint density at radius 1 is 1.13 bits per heavy atom. The number of cyclic esters (lactones) is 1. The lowest BCUT2D eigenvalue weighted by Gasteiger charge is -2.33. The van der Waals surface area contributed by atoms with Gasteiger partial charge in [0.2, 0.25) is 5.91 Å². The predicted octanol–water partition coefficient (Wildman–Crippen LogP) is 3.22. The van der Waals surface area contributed by atoms with Crippen LogP contribution in [0.4, 0.5) is 16.2 Å².